The van der Waals surface area contributed by atoms with Gasteiger partial charge in [0.25, 0.3) is 0 Å². The summed E-state index contributed by atoms with van der Waals surface area (Å²) >= 11 is 0. The predicted molar refractivity (Wildman–Crippen MR) is 86.1 cm³/mol. The topological polar surface area (TPSA) is 54.0 Å². The maximum Gasteiger partial charge on any atom is 0.410 e. The lowest BCUT2D eigenvalue weighted by molar-refractivity contribution is 0.0291. The molecule has 2 saturated heterocycles. The van der Waals surface area contributed by atoms with Gasteiger partial charge in [-0.05, 0) is 46.7 Å². The molecule has 6 nitrogen and oxygen atoms in total. The Morgan fingerprint density at radius 3 is 2.68 bits per heavy atom. The van der Waals surface area contributed by atoms with Crippen LogP contribution in [-0.4, -0.2) is 80.0 Å². The summed E-state index contributed by atoms with van der Waals surface area (Å²) in [5.41, 5.74) is -0.416. The molecule has 2 fully saturated rings. The van der Waals surface area contributed by atoms with Gasteiger partial charge in [0.15, 0.2) is 0 Å². The van der Waals surface area contributed by atoms with Gasteiger partial charge < -0.3 is 19.7 Å². The van der Waals surface area contributed by atoms with E-state index in [1.165, 1.54) is 0 Å². The van der Waals surface area contributed by atoms with Crippen molar-refractivity contribution in [3.05, 3.63) is 0 Å². The van der Waals surface area contributed by atoms with Crippen LogP contribution in [0.4, 0.5) is 4.79 Å². The van der Waals surface area contributed by atoms with Crippen LogP contribution < -0.4 is 5.32 Å². The van der Waals surface area contributed by atoms with Gasteiger partial charge in [0.2, 0.25) is 0 Å². The first-order valence-corrected chi connectivity index (χ1v) is 8.45. The second-order valence-corrected chi connectivity index (χ2v) is 7.17. The van der Waals surface area contributed by atoms with Crippen LogP contribution in [0.3, 0.4) is 0 Å². The van der Waals surface area contributed by atoms with Crippen LogP contribution in [-0.2, 0) is 9.47 Å². The lowest BCUT2D eigenvalue weighted by Gasteiger charge is -2.26. The van der Waals surface area contributed by atoms with Crippen LogP contribution in [0.1, 0.15) is 33.6 Å². The minimum atomic E-state index is -0.416. The molecule has 0 aliphatic carbocycles. The zero-order valence-corrected chi connectivity index (χ0v) is 14.3. The summed E-state index contributed by atoms with van der Waals surface area (Å²) in [4.78, 5) is 16.3. The molecule has 0 aromatic carbocycles. The standard InChI is InChI=1S/C16H31N3O3/c1-16(2,3)22-15(20)19-8-5-14(13-19)17-6-4-7-18-9-11-21-12-10-18/h14,17H,4-13H2,1-3H3. The molecule has 1 atom stereocenters. The highest BCUT2D eigenvalue weighted by molar-refractivity contribution is 5.68. The monoisotopic (exact) mass is 313 g/mol. The molecule has 2 rings (SSSR count). The zero-order chi connectivity index (χ0) is 16.0. The molecule has 0 saturated carbocycles. The Morgan fingerprint density at radius 1 is 1.27 bits per heavy atom. The first-order valence-electron chi connectivity index (χ1n) is 8.45. The Bertz CT molecular complexity index is 351. The zero-order valence-electron chi connectivity index (χ0n) is 14.3. The van der Waals surface area contributed by atoms with Crippen LogP contribution in [0.5, 0.6) is 0 Å². The van der Waals surface area contributed by atoms with Crippen molar-refractivity contribution in [1.29, 1.82) is 0 Å². The molecular weight excluding hydrogens is 282 g/mol. The maximum atomic E-state index is 12.0. The summed E-state index contributed by atoms with van der Waals surface area (Å²) < 4.78 is 10.8. The Balaban J connectivity index is 1.57. The highest BCUT2D eigenvalue weighted by atomic mass is 16.6. The maximum absolute atomic E-state index is 12.0. The number of likely N-dealkylation sites (tertiary alicyclic amines) is 1. The molecule has 6 heteroatoms. The Kier molecular flexibility index (Phi) is 6.47. The number of ether oxygens (including phenoxy) is 2. The van der Waals surface area contributed by atoms with E-state index in [2.05, 4.69) is 10.2 Å². The summed E-state index contributed by atoms with van der Waals surface area (Å²) in [6, 6.07) is 0.400. The highest BCUT2D eigenvalue weighted by Gasteiger charge is 2.29. The fourth-order valence-corrected chi connectivity index (χ4v) is 2.85. The van der Waals surface area contributed by atoms with Crippen molar-refractivity contribution in [2.45, 2.75) is 45.3 Å². The van der Waals surface area contributed by atoms with Crippen LogP contribution in [0, 0.1) is 0 Å². The van der Waals surface area contributed by atoms with Crippen LogP contribution in [0.2, 0.25) is 0 Å². The molecule has 1 amide bonds. The van der Waals surface area contributed by atoms with Gasteiger partial charge in [0.05, 0.1) is 13.2 Å². The minimum absolute atomic E-state index is 0.190. The molecule has 2 heterocycles. The fourth-order valence-electron chi connectivity index (χ4n) is 2.85. The summed E-state index contributed by atoms with van der Waals surface area (Å²) in [5.74, 6) is 0. The first kappa shape index (κ1) is 17.5. The van der Waals surface area contributed by atoms with E-state index in [0.717, 1.165) is 65.3 Å². The van der Waals surface area contributed by atoms with Crippen molar-refractivity contribution >= 4 is 6.09 Å². The van der Waals surface area contributed by atoms with E-state index in [1.54, 1.807) is 0 Å². The molecule has 0 bridgehead atoms. The molecule has 128 valence electrons. The molecule has 2 aliphatic rings. The van der Waals surface area contributed by atoms with Crippen LogP contribution >= 0.6 is 0 Å². The molecule has 22 heavy (non-hydrogen) atoms. The van der Waals surface area contributed by atoms with Crippen molar-refractivity contribution in [1.82, 2.24) is 15.1 Å². The number of carbonyl (C=O) groups excluding carboxylic acids is 1. The van der Waals surface area contributed by atoms with E-state index in [9.17, 15) is 4.79 Å². The third-order valence-corrected chi connectivity index (χ3v) is 4.03. The van der Waals surface area contributed by atoms with Gasteiger partial charge in [0.1, 0.15) is 5.60 Å². The summed E-state index contributed by atoms with van der Waals surface area (Å²) in [6.45, 7) is 13.2. The molecule has 1 N–H and O–H groups in total. The Hall–Kier alpha value is -0.850. The third kappa shape index (κ3) is 6.10. The highest BCUT2D eigenvalue weighted by Crippen LogP contribution is 2.15. The van der Waals surface area contributed by atoms with Gasteiger partial charge in [-0.3, -0.25) is 4.90 Å². The number of hydrogen-bond acceptors (Lipinski definition) is 5. The summed E-state index contributed by atoms with van der Waals surface area (Å²) in [6.07, 6.45) is 1.96. The molecule has 0 radical (unpaired) electrons. The number of carbonyl (C=O) groups is 1. The van der Waals surface area contributed by atoms with Gasteiger partial charge >= 0.3 is 6.09 Å². The first-order chi connectivity index (χ1) is 10.4. The normalized spacial score (nSPS) is 23.8. The summed E-state index contributed by atoms with van der Waals surface area (Å²) in [7, 11) is 0. The number of amides is 1. The molecule has 0 spiro atoms. The van der Waals surface area contributed by atoms with Crippen LogP contribution in [0.15, 0.2) is 0 Å². The van der Waals surface area contributed by atoms with E-state index >= 15 is 0 Å². The number of nitrogens with zero attached hydrogens (tertiary/aromatic N) is 2. The smallest absolute Gasteiger partial charge is 0.410 e. The van der Waals surface area contributed by atoms with Crippen molar-refractivity contribution in [2.24, 2.45) is 0 Å². The Labute approximate surface area is 134 Å². The Morgan fingerprint density at radius 2 is 2.00 bits per heavy atom. The van der Waals surface area contributed by atoms with Crippen LogP contribution in [0.25, 0.3) is 0 Å². The number of hydrogen-bond donors (Lipinski definition) is 1. The van der Waals surface area contributed by atoms with E-state index in [4.69, 9.17) is 9.47 Å². The van der Waals surface area contributed by atoms with E-state index < -0.39 is 5.60 Å². The van der Waals surface area contributed by atoms with Crippen molar-refractivity contribution < 1.29 is 14.3 Å². The minimum Gasteiger partial charge on any atom is -0.444 e. The van der Waals surface area contributed by atoms with E-state index in [1.807, 2.05) is 25.7 Å². The second-order valence-electron chi connectivity index (χ2n) is 7.17. The lowest BCUT2D eigenvalue weighted by atomic mass is 10.2. The van der Waals surface area contributed by atoms with E-state index in [-0.39, 0.29) is 6.09 Å². The van der Waals surface area contributed by atoms with Gasteiger partial charge in [-0.15, -0.1) is 0 Å². The van der Waals surface area contributed by atoms with Gasteiger partial charge in [-0.1, -0.05) is 0 Å². The molecule has 1 unspecified atom stereocenters. The van der Waals surface area contributed by atoms with Crippen molar-refractivity contribution in [3.8, 4) is 0 Å². The second kappa shape index (κ2) is 8.13. The average Bonchev–Trinajstić information content (AvgIpc) is 2.92. The quantitative estimate of drug-likeness (QED) is 0.776. The molecule has 2 aliphatic heterocycles. The van der Waals surface area contributed by atoms with E-state index in [0.29, 0.717) is 6.04 Å². The predicted octanol–water partition coefficient (Wildman–Crippen LogP) is 1.31. The van der Waals surface area contributed by atoms with Crippen molar-refractivity contribution in [3.63, 3.8) is 0 Å². The number of nitrogens with one attached hydrogen (secondary N) is 1. The van der Waals surface area contributed by atoms with Crippen molar-refractivity contribution in [2.75, 3.05) is 52.5 Å². The SMILES string of the molecule is CC(C)(C)OC(=O)N1CCC(NCCCN2CCOCC2)C1. The summed E-state index contributed by atoms with van der Waals surface area (Å²) in [5, 5.41) is 3.56. The third-order valence-electron chi connectivity index (χ3n) is 4.03. The number of rotatable bonds is 5. The average molecular weight is 313 g/mol. The molecule has 0 aromatic rings. The van der Waals surface area contributed by atoms with Gasteiger partial charge in [-0.25, -0.2) is 4.79 Å². The number of morpholine rings is 1. The molecular formula is C16H31N3O3. The van der Waals surface area contributed by atoms with Gasteiger partial charge in [-0.2, -0.15) is 0 Å². The molecule has 0 aromatic heterocycles. The van der Waals surface area contributed by atoms with Gasteiger partial charge in [0, 0.05) is 32.2 Å². The fraction of sp³-hybridized carbons (Fsp3) is 0.938. The lowest BCUT2D eigenvalue weighted by Crippen LogP contribution is -2.40. The largest absolute Gasteiger partial charge is 0.444 e.